The van der Waals surface area contributed by atoms with Gasteiger partial charge in [0.15, 0.2) is 6.79 Å². The molecule has 1 aromatic carbocycles. The van der Waals surface area contributed by atoms with Gasteiger partial charge in [0, 0.05) is 20.7 Å². The molecule has 0 amide bonds. The number of hydrogen-bond acceptors (Lipinski definition) is 4. The van der Waals surface area contributed by atoms with E-state index in [9.17, 15) is 8.42 Å². The molecule has 0 bridgehead atoms. The van der Waals surface area contributed by atoms with Gasteiger partial charge in [0.1, 0.15) is 5.75 Å². The molecule has 0 fully saturated rings. The van der Waals surface area contributed by atoms with Crippen molar-refractivity contribution in [1.82, 2.24) is 0 Å². The van der Waals surface area contributed by atoms with E-state index in [2.05, 4.69) is 15.9 Å². The lowest BCUT2D eigenvalue weighted by molar-refractivity contribution is -0.0164. The summed E-state index contributed by atoms with van der Waals surface area (Å²) in [6.45, 7) is 0.642. The fraction of sp³-hybridized carbons (Fsp3) is 0.333. The highest BCUT2D eigenvalue weighted by atomic mass is 79.9. The monoisotopic (exact) mass is 326 g/mol. The van der Waals surface area contributed by atoms with Crippen LogP contribution in [0.5, 0.6) is 5.75 Å². The van der Waals surface area contributed by atoms with E-state index in [1.54, 1.807) is 12.1 Å². The van der Waals surface area contributed by atoms with Crippen LogP contribution in [0.25, 0.3) is 0 Å². The van der Waals surface area contributed by atoms with Crippen LogP contribution < -0.4 is 4.74 Å². The molecule has 0 spiro atoms. The highest BCUT2D eigenvalue weighted by Gasteiger charge is 2.17. The Hall–Kier alpha value is -0.300. The molecule has 1 aliphatic heterocycles. The molecule has 0 aliphatic carbocycles. The first-order valence-corrected chi connectivity index (χ1v) is 7.67. The molecule has 7 heteroatoms. The second kappa shape index (κ2) is 4.52. The van der Waals surface area contributed by atoms with Gasteiger partial charge in [-0.2, -0.15) is 0 Å². The molecule has 0 N–H and O–H groups in total. The van der Waals surface area contributed by atoms with Crippen LogP contribution in [-0.2, 0) is 26.1 Å². The highest BCUT2D eigenvalue weighted by molar-refractivity contribution is 9.10. The minimum Gasteiger partial charge on any atom is -0.467 e. The van der Waals surface area contributed by atoms with Gasteiger partial charge in [0.05, 0.1) is 12.4 Å². The average Bonchev–Trinajstić information content (AvgIpc) is 2.17. The third-order valence-electron chi connectivity index (χ3n) is 2.11. The molecule has 16 heavy (non-hydrogen) atoms. The minimum atomic E-state index is -3.57. The van der Waals surface area contributed by atoms with Crippen molar-refractivity contribution in [3.05, 3.63) is 27.7 Å². The van der Waals surface area contributed by atoms with E-state index in [1.807, 2.05) is 0 Å². The Morgan fingerprint density at radius 1 is 1.44 bits per heavy atom. The summed E-state index contributed by atoms with van der Waals surface area (Å²) < 4.78 is 33.0. The fourth-order valence-electron chi connectivity index (χ4n) is 1.44. The van der Waals surface area contributed by atoms with Gasteiger partial charge in [0.25, 0.3) is 0 Å². The molecular formula is C9H8BrClO4S. The van der Waals surface area contributed by atoms with E-state index in [0.717, 1.165) is 5.56 Å². The number of rotatable bonds is 2. The van der Waals surface area contributed by atoms with Crippen LogP contribution in [0.15, 0.2) is 16.6 Å². The van der Waals surface area contributed by atoms with Crippen molar-refractivity contribution < 1.29 is 17.9 Å². The van der Waals surface area contributed by atoms with Crippen LogP contribution in [0.3, 0.4) is 0 Å². The number of fused-ring (bicyclic) bond motifs is 1. The third-order valence-corrected chi connectivity index (χ3v) is 3.83. The summed E-state index contributed by atoms with van der Waals surface area (Å²) in [4.78, 5) is 0. The minimum absolute atomic E-state index is 0.182. The maximum absolute atomic E-state index is 11.0. The number of hydrogen-bond donors (Lipinski definition) is 0. The second-order valence-electron chi connectivity index (χ2n) is 3.35. The first kappa shape index (κ1) is 12.2. The Labute approximate surface area is 106 Å². The van der Waals surface area contributed by atoms with Crippen molar-refractivity contribution >= 4 is 35.7 Å². The van der Waals surface area contributed by atoms with Gasteiger partial charge in [-0.05, 0) is 17.7 Å². The average molecular weight is 328 g/mol. The normalized spacial score (nSPS) is 15.4. The molecule has 1 aromatic rings. The van der Waals surface area contributed by atoms with Crippen molar-refractivity contribution in [2.24, 2.45) is 0 Å². The topological polar surface area (TPSA) is 52.6 Å². The van der Waals surface area contributed by atoms with Crippen LogP contribution in [-0.4, -0.2) is 15.2 Å². The molecule has 4 nitrogen and oxygen atoms in total. The number of halogens is 2. The van der Waals surface area contributed by atoms with Crippen molar-refractivity contribution in [2.45, 2.75) is 12.4 Å². The summed E-state index contributed by atoms with van der Waals surface area (Å²) >= 11 is 3.29. The lowest BCUT2D eigenvalue weighted by atomic mass is 10.1. The van der Waals surface area contributed by atoms with Crippen molar-refractivity contribution in [1.29, 1.82) is 0 Å². The zero-order chi connectivity index (χ0) is 11.8. The first-order valence-electron chi connectivity index (χ1n) is 4.40. The Balaban J connectivity index is 2.40. The fourth-order valence-corrected chi connectivity index (χ4v) is 3.12. The van der Waals surface area contributed by atoms with Crippen LogP contribution in [0.4, 0.5) is 0 Å². The van der Waals surface area contributed by atoms with E-state index in [4.69, 9.17) is 20.2 Å². The first-order chi connectivity index (χ1) is 7.46. The van der Waals surface area contributed by atoms with E-state index in [0.29, 0.717) is 22.4 Å². The molecule has 1 aliphatic rings. The standard InChI is InChI=1S/C9H8BrClO4S/c10-8-1-6-3-14-5-15-9(6)2-7(8)4-16(11,12)13/h1-2H,3-5H2. The van der Waals surface area contributed by atoms with Crippen LogP contribution in [0.2, 0.25) is 0 Å². The van der Waals surface area contributed by atoms with Gasteiger partial charge in [-0.1, -0.05) is 15.9 Å². The Morgan fingerprint density at radius 2 is 2.19 bits per heavy atom. The molecule has 0 saturated carbocycles. The quantitative estimate of drug-likeness (QED) is 0.783. The largest absolute Gasteiger partial charge is 0.467 e. The molecule has 0 radical (unpaired) electrons. The molecule has 0 atom stereocenters. The zero-order valence-corrected chi connectivity index (χ0v) is 11.2. The summed E-state index contributed by atoms with van der Waals surface area (Å²) in [5, 5.41) is 0. The van der Waals surface area contributed by atoms with Gasteiger partial charge in [-0.15, -0.1) is 0 Å². The van der Waals surface area contributed by atoms with Gasteiger partial charge in [-0.3, -0.25) is 0 Å². The molecule has 1 heterocycles. The lowest BCUT2D eigenvalue weighted by Crippen LogP contribution is -2.12. The van der Waals surface area contributed by atoms with Crippen LogP contribution in [0, 0.1) is 0 Å². The summed E-state index contributed by atoms with van der Waals surface area (Å²) in [6, 6.07) is 3.45. The molecule has 0 aromatic heterocycles. The third kappa shape index (κ3) is 2.88. The Kier molecular flexibility index (Phi) is 3.44. The zero-order valence-electron chi connectivity index (χ0n) is 8.07. The molecule has 88 valence electrons. The lowest BCUT2D eigenvalue weighted by Gasteiger charge is -2.19. The van der Waals surface area contributed by atoms with Crippen LogP contribution >= 0.6 is 26.6 Å². The van der Waals surface area contributed by atoms with Crippen molar-refractivity contribution in [3.8, 4) is 5.75 Å². The molecule has 2 rings (SSSR count). The maximum atomic E-state index is 11.0. The number of benzene rings is 1. The summed E-state index contributed by atoms with van der Waals surface area (Å²) in [5.74, 6) is 0.414. The van der Waals surface area contributed by atoms with Gasteiger partial charge >= 0.3 is 0 Å². The van der Waals surface area contributed by atoms with Crippen LogP contribution in [0.1, 0.15) is 11.1 Å². The predicted octanol–water partition coefficient (Wildman–Crippen LogP) is 2.38. The molecule has 0 unspecified atom stereocenters. The van der Waals surface area contributed by atoms with Gasteiger partial charge < -0.3 is 9.47 Å². The second-order valence-corrected chi connectivity index (χ2v) is 6.98. The Morgan fingerprint density at radius 3 is 2.88 bits per heavy atom. The summed E-state index contributed by atoms with van der Waals surface area (Å²) in [6.07, 6.45) is 0. The van der Waals surface area contributed by atoms with Gasteiger partial charge in [0.2, 0.25) is 9.05 Å². The van der Waals surface area contributed by atoms with Gasteiger partial charge in [-0.25, -0.2) is 8.42 Å². The maximum Gasteiger partial charge on any atom is 0.236 e. The molecular weight excluding hydrogens is 320 g/mol. The van der Waals surface area contributed by atoms with E-state index >= 15 is 0 Å². The predicted molar refractivity (Wildman–Crippen MR) is 62.9 cm³/mol. The molecule has 0 saturated heterocycles. The van der Waals surface area contributed by atoms with Crippen molar-refractivity contribution in [3.63, 3.8) is 0 Å². The summed E-state index contributed by atoms with van der Waals surface area (Å²) in [5.41, 5.74) is 1.46. The SMILES string of the molecule is O=S(=O)(Cl)Cc1cc2c(cc1Br)COCO2. The van der Waals surface area contributed by atoms with E-state index in [-0.39, 0.29) is 12.5 Å². The highest BCUT2D eigenvalue weighted by Crippen LogP contribution is 2.31. The van der Waals surface area contributed by atoms with Crippen molar-refractivity contribution in [2.75, 3.05) is 6.79 Å². The van der Waals surface area contributed by atoms with E-state index in [1.165, 1.54) is 0 Å². The summed E-state index contributed by atoms with van der Waals surface area (Å²) in [7, 11) is 1.64. The smallest absolute Gasteiger partial charge is 0.236 e. The Bertz CT molecular complexity index is 514. The van der Waals surface area contributed by atoms with E-state index < -0.39 is 9.05 Å². The number of ether oxygens (including phenoxy) is 2.